The van der Waals surface area contributed by atoms with Gasteiger partial charge in [-0.05, 0) is 36.5 Å². The SMILES string of the molecule is CCCCCCCCCCC(=O)N(C)C(=O)c1nnccc1[C@H](CCc1ccccc1)C(=O)NO. The van der Waals surface area contributed by atoms with Crippen molar-refractivity contribution >= 4 is 17.7 Å². The number of imide groups is 1. The van der Waals surface area contributed by atoms with Crippen LogP contribution in [0.25, 0.3) is 0 Å². The van der Waals surface area contributed by atoms with E-state index in [4.69, 9.17) is 0 Å². The summed E-state index contributed by atoms with van der Waals surface area (Å²) >= 11 is 0. The zero-order valence-corrected chi connectivity index (χ0v) is 20.9. The number of hydrogen-bond donors (Lipinski definition) is 2. The van der Waals surface area contributed by atoms with E-state index in [9.17, 15) is 19.6 Å². The molecule has 0 aliphatic rings. The van der Waals surface area contributed by atoms with Gasteiger partial charge in [-0.15, -0.1) is 5.10 Å². The molecule has 190 valence electrons. The molecular weight excluding hydrogens is 444 g/mol. The highest BCUT2D eigenvalue weighted by Crippen LogP contribution is 2.25. The highest BCUT2D eigenvalue weighted by atomic mass is 16.5. The molecule has 2 N–H and O–H groups in total. The van der Waals surface area contributed by atoms with Crippen LogP contribution in [-0.4, -0.2) is 45.1 Å². The van der Waals surface area contributed by atoms with Crippen LogP contribution in [0.1, 0.15) is 98.7 Å². The molecule has 0 saturated heterocycles. The number of nitrogens with zero attached hydrogens (tertiary/aromatic N) is 3. The number of nitrogens with one attached hydrogen (secondary N) is 1. The van der Waals surface area contributed by atoms with Crippen LogP contribution in [-0.2, 0) is 16.0 Å². The third kappa shape index (κ3) is 9.20. The van der Waals surface area contributed by atoms with Gasteiger partial charge in [0, 0.05) is 19.7 Å². The topological polar surface area (TPSA) is 112 Å². The molecule has 0 fully saturated rings. The van der Waals surface area contributed by atoms with E-state index in [-0.39, 0.29) is 18.0 Å². The summed E-state index contributed by atoms with van der Waals surface area (Å²) in [6.07, 6.45) is 11.5. The van der Waals surface area contributed by atoms with E-state index in [0.717, 1.165) is 29.7 Å². The Morgan fingerprint density at radius 1 is 0.971 bits per heavy atom. The normalized spacial score (nSPS) is 11.6. The maximum atomic E-state index is 13.1. The van der Waals surface area contributed by atoms with Crippen molar-refractivity contribution in [3.63, 3.8) is 0 Å². The minimum absolute atomic E-state index is 0.0547. The predicted octanol–water partition coefficient (Wildman–Crippen LogP) is 4.83. The molecule has 0 bridgehead atoms. The summed E-state index contributed by atoms with van der Waals surface area (Å²) in [4.78, 5) is 39.3. The third-order valence-corrected chi connectivity index (χ3v) is 6.24. The fourth-order valence-corrected chi connectivity index (χ4v) is 4.10. The van der Waals surface area contributed by atoms with Crippen LogP contribution >= 0.6 is 0 Å². The number of amides is 3. The second kappa shape index (κ2) is 15.7. The van der Waals surface area contributed by atoms with Crippen LogP contribution in [0.15, 0.2) is 42.6 Å². The van der Waals surface area contributed by atoms with Gasteiger partial charge < -0.3 is 0 Å². The van der Waals surface area contributed by atoms with Crippen molar-refractivity contribution in [2.45, 2.75) is 83.5 Å². The van der Waals surface area contributed by atoms with E-state index in [0.29, 0.717) is 18.4 Å². The highest BCUT2D eigenvalue weighted by Gasteiger charge is 2.29. The summed E-state index contributed by atoms with van der Waals surface area (Å²) in [5.41, 5.74) is 3.00. The lowest BCUT2D eigenvalue weighted by Crippen LogP contribution is -2.36. The van der Waals surface area contributed by atoms with E-state index in [1.807, 2.05) is 30.3 Å². The van der Waals surface area contributed by atoms with Crippen LogP contribution in [0.3, 0.4) is 0 Å². The van der Waals surface area contributed by atoms with Crippen molar-refractivity contribution in [2.24, 2.45) is 0 Å². The molecule has 0 radical (unpaired) electrons. The first-order chi connectivity index (χ1) is 17.0. The number of unbranched alkanes of at least 4 members (excludes halogenated alkanes) is 7. The van der Waals surface area contributed by atoms with Gasteiger partial charge in [0.15, 0.2) is 5.69 Å². The molecule has 1 heterocycles. The number of carbonyl (C=O) groups excluding carboxylic acids is 3. The van der Waals surface area contributed by atoms with Gasteiger partial charge in [0.05, 0.1) is 5.92 Å². The van der Waals surface area contributed by atoms with Crippen LogP contribution < -0.4 is 5.48 Å². The van der Waals surface area contributed by atoms with Gasteiger partial charge in [-0.2, -0.15) is 5.10 Å². The number of rotatable bonds is 15. The molecule has 0 aliphatic carbocycles. The van der Waals surface area contributed by atoms with Crippen LogP contribution in [0.5, 0.6) is 0 Å². The molecule has 8 nitrogen and oxygen atoms in total. The first kappa shape index (κ1) is 28.1. The van der Waals surface area contributed by atoms with E-state index < -0.39 is 17.7 Å². The quantitative estimate of drug-likeness (QED) is 0.214. The Kier molecular flexibility index (Phi) is 12.6. The molecule has 8 heteroatoms. The van der Waals surface area contributed by atoms with Crippen LogP contribution in [0.2, 0.25) is 0 Å². The maximum absolute atomic E-state index is 13.1. The first-order valence-corrected chi connectivity index (χ1v) is 12.6. The molecule has 2 aromatic rings. The number of aryl methyl sites for hydroxylation is 1. The Morgan fingerprint density at radius 3 is 2.29 bits per heavy atom. The van der Waals surface area contributed by atoms with Crippen LogP contribution in [0.4, 0.5) is 0 Å². The second-order valence-electron chi connectivity index (χ2n) is 8.87. The fourth-order valence-electron chi connectivity index (χ4n) is 4.10. The van der Waals surface area contributed by atoms with Gasteiger partial charge in [-0.25, -0.2) is 5.48 Å². The van der Waals surface area contributed by atoms with Crippen molar-refractivity contribution in [2.75, 3.05) is 7.05 Å². The van der Waals surface area contributed by atoms with E-state index in [1.165, 1.54) is 45.3 Å². The predicted molar refractivity (Wildman–Crippen MR) is 134 cm³/mol. The summed E-state index contributed by atoms with van der Waals surface area (Å²) in [5.74, 6) is -2.36. The molecule has 1 aromatic heterocycles. The van der Waals surface area contributed by atoms with Gasteiger partial charge in [-0.1, -0.05) is 82.2 Å². The molecule has 0 spiro atoms. The van der Waals surface area contributed by atoms with Crippen molar-refractivity contribution in [3.05, 3.63) is 59.4 Å². The zero-order chi connectivity index (χ0) is 25.5. The zero-order valence-electron chi connectivity index (χ0n) is 20.9. The average Bonchev–Trinajstić information content (AvgIpc) is 2.90. The highest BCUT2D eigenvalue weighted by molar-refractivity contribution is 6.04. The van der Waals surface area contributed by atoms with Crippen molar-refractivity contribution in [1.29, 1.82) is 0 Å². The van der Waals surface area contributed by atoms with E-state index in [1.54, 1.807) is 11.5 Å². The number of hydrogen-bond acceptors (Lipinski definition) is 6. The summed E-state index contributed by atoms with van der Waals surface area (Å²) in [7, 11) is 1.43. The smallest absolute Gasteiger partial charge is 0.281 e. The monoisotopic (exact) mass is 482 g/mol. The summed E-state index contributed by atoms with van der Waals surface area (Å²) in [6.45, 7) is 2.19. The Labute approximate surface area is 208 Å². The lowest BCUT2D eigenvalue weighted by molar-refractivity contribution is -0.131. The van der Waals surface area contributed by atoms with Crippen molar-refractivity contribution < 1.29 is 19.6 Å². The standard InChI is InChI=1S/C27H38N4O4/c1-3-4-5-6-7-8-9-13-16-24(32)31(2)27(34)25-22(19-20-28-29-25)23(26(33)30-35)18-17-21-14-11-10-12-15-21/h10-12,14-15,19-20,23,35H,3-9,13,16-18H2,1-2H3,(H,30,33)/t23-/m0/s1. The third-order valence-electron chi connectivity index (χ3n) is 6.24. The largest absolute Gasteiger partial charge is 0.289 e. The van der Waals surface area contributed by atoms with Gasteiger partial charge in [0.1, 0.15) is 0 Å². The summed E-state index contributed by atoms with van der Waals surface area (Å²) in [6, 6.07) is 11.2. The van der Waals surface area contributed by atoms with Gasteiger partial charge >= 0.3 is 0 Å². The number of carbonyl (C=O) groups is 3. The average molecular weight is 483 g/mol. The molecular formula is C27H38N4O4. The minimum Gasteiger partial charge on any atom is -0.289 e. The summed E-state index contributed by atoms with van der Waals surface area (Å²) < 4.78 is 0. The van der Waals surface area contributed by atoms with Crippen LogP contribution in [0, 0.1) is 0 Å². The molecule has 3 amide bonds. The molecule has 1 atom stereocenters. The van der Waals surface area contributed by atoms with Gasteiger partial charge in [0.2, 0.25) is 5.91 Å². The lowest BCUT2D eigenvalue weighted by atomic mass is 9.90. The van der Waals surface area contributed by atoms with E-state index in [2.05, 4.69) is 17.1 Å². The molecule has 0 saturated carbocycles. The molecule has 0 aliphatic heterocycles. The number of aromatic nitrogens is 2. The fraction of sp³-hybridized carbons (Fsp3) is 0.519. The first-order valence-electron chi connectivity index (χ1n) is 12.6. The summed E-state index contributed by atoms with van der Waals surface area (Å²) in [5, 5.41) is 17.1. The van der Waals surface area contributed by atoms with Crippen molar-refractivity contribution in [3.8, 4) is 0 Å². The number of benzene rings is 1. The number of hydroxylamine groups is 1. The Balaban J connectivity index is 2.01. The van der Waals surface area contributed by atoms with Crippen molar-refractivity contribution in [1.82, 2.24) is 20.6 Å². The van der Waals surface area contributed by atoms with Gasteiger partial charge in [0.25, 0.3) is 11.8 Å². The van der Waals surface area contributed by atoms with Gasteiger partial charge in [-0.3, -0.25) is 24.5 Å². The molecule has 2 rings (SSSR count). The minimum atomic E-state index is -0.828. The molecule has 35 heavy (non-hydrogen) atoms. The Morgan fingerprint density at radius 2 is 1.63 bits per heavy atom. The molecule has 0 unspecified atom stereocenters. The van der Waals surface area contributed by atoms with E-state index >= 15 is 0 Å². The Hall–Kier alpha value is -3.13. The Bertz CT molecular complexity index is 936. The maximum Gasteiger partial charge on any atom is 0.281 e. The molecule has 1 aromatic carbocycles. The lowest BCUT2D eigenvalue weighted by Gasteiger charge is -2.20. The second-order valence-corrected chi connectivity index (χ2v) is 8.87.